The molecule has 15 rings (SSSR count). The van der Waals surface area contributed by atoms with Crippen LogP contribution in [0.3, 0.4) is 0 Å². The second-order valence-electron chi connectivity index (χ2n) is 24.3. The molecule has 0 spiro atoms. The molecule has 0 amide bonds. The number of benzene rings is 10. The molecule has 12 aromatic rings. The highest BCUT2D eigenvalue weighted by molar-refractivity contribution is 7.26. The van der Waals surface area contributed by atoms with Crippen LogP contribution in [0.15, 0.2) is 211 Å². The number of hydrogen-bond donors (Lipinski definition) is 0. The molecule has 0 saturated carbocycles. The summed E-state index contributed by atoms with van der Waals surface area (Å²) in [5.41, 5.74) is 22.4. The lowest BCUT2D eigenvalue weighted by Crippen LogP contribution is -2.61. The van der Waals surface area contributed by atoms with Crippen molar-refractivity contribution in [2.75, 3.05) is 9.71 Å². The molecule has 372 valence electrons. The standard InChI is InChI=1S/C72H59BN2OS/c1-70(2,3)51-29-32-61(53(39-51)47-23-15-10-16-24-47)74-63-37-50(45-21-13-9-14-22-45)36-57-54-42-66-56(55-35-48-25-17-18-26-49(48)38-65(55)77-66)41-62(54)75(52-30-27-46(28-31-52)44-19-11-8-12-20-44)73(67(57)63)69-68(74)58-40-59-60(43-64(58)76-69)72(6,7)34-33-71(59,4)5/h8-32,35-43H,33-34H2,1-7H3. The van der Waals surface area contributed by atoms with Gasteiger partial charge in [-0.05, 0) is 168 Å². The Labute approximate surface area is 456 Å². The predicted molar refractivity (Wildman–Crippen MR) is 331 cm³/mol. The maximum atomic E-state index is 7.83. The summed E-state index contributed by atoms with van der Waals surface area (Å²) in [5, 5.41) is 6.23. The summed E-state index contributed by atoms with van der Waals surface area (Å²) in [6.07, 6.45) is 2.24. The lowest BCUT2D eigenvalue weighted by Gasteiger charge is -2.44. The molecule has 0 radical (unpaired) electrons. The van der Waals surface area contributed by atoms with Crippen LogP contribution in [0.5, 0.6) is 0 Å². The van der Waals surface area contributed by atoms with E-state index in [2.05, 4.69) is 264 Å². The van der Waals surface area contributed by atoms with Crippen LogP contribution in [-0.4, -0.2) is 6.85 Å². The summed E-state index contributed by atoms with van der Waals surface area (Å²) in [6, 6.07) is 77.9. The molecular formula is C72H59BN2OS. The summed E-state index contributed by atoms with van der Waals surface area (Å²) in [7, 11) is 0. The van der Waals surface area contributed by atoms with Crippen LogP contribution >= 0.6 is 11.3 Å². The molecule has 1 aliphatic carbocycles. The zero-order valence-electron chi connectivity index (χ0n) is 44.8. The van der Waals surface area contributed by atoms with Crippen LogP contribution in [0, 0.1) is 0 Å². The van der Waals surface area contributed by atoms with Gasteiger partial charge in [0.05, 0.1) is 11.4 Å². The normalized spacial score (nSPS) is 15.2. The summed E-state index contributed by atoms with van der Waals surface area (Å²) in [4.78, 5) is 5.26. The molecule has 3 nitrogen and oxygen atoms in total. The number of rotatable bonds is 5. The van der Waals surface area contributed by atoms with E-state index in [1.165, 1.54) is 109 Å². The lowest BCUT2D eigenvalue weighted by atomic mass is 9.45. The molecule has 0 fully saturated rings. The molecule has 2 aromatic heterocycles. The first-order valence-corrected chi connectivity index (χ1v) is 28.3. The topological polar surface area (TPSA) is 19.6 Å². The largest absolute Gasteiger partial charge is 0.466 e. The Morgan fingerprint density at radius 1 is 0.468 bits per heavy atom. The first-order chi connectivity index (χ1) is 37.3. The van der Waals surface area contributed by atoms with Crippen molar-refractivity contribution in [2.45, 2.75) is 77.6 Å². The number of nitrogens with zero attached hydrogens (tertiary/aromatic N) is 2. The molecule has 0 saturated heterocycles. The highest BCUT2D eigenvalue weighted by Gasteiger charge is 2.50. The van der Waals surface area contributed by atoms with Gasteiger partial charge in [0.15, 0.2) is 0 Å². The van der Waals surface area contributed by atoms with Gasteiger partial charge < -0.3 is 14.1 Å². The summed E-state index contributed by atoms with van der Waals surface area (Å²) in [6.45, 7) is 16.4. The fourth-order valence-corrected chi connectivity index (χ4v) is 14.4. The van der Waals surface area contributed by atoms with Crippen molar-refractivity contribution in [3.63, 3.8) is 0 Å². The SMILES string of the molecule is CC(C)(C)c1ccc(N2c3cc(-c4ccccc4)cc4c3B(c3oc5cc6c(cc5c32)C(C)(C)CCC6(C)C)N(c2ccc(-c3ccccc3)cc2)c2cc3c(cc2-4)sc2cc4ccccc4cc23)c(-c2ccccc2)c1. The number of anilines is 5. The molecule has 0 atom stereocenters. The second kappa shape index (κ2) is 16.7. The zero-order chi connectivity index (χ0) is 52.1. The molecule has 0 N–H and O–H groups in total. The average Bonchev–Trinajstić information content (AvgIpc) is 4.26. The third-order valence-corrected chi connectivity index (χ3v) is 18.7. The molecule has 0 bridgehead atoms. The highest BCUT2D eigenvalue weighted by atomic mass is 32.1. The van der Waals surface area contributed by atoms with E-state index in [0.717, 1.165) is 46.5 Å². The predicted octanol–water partition coefficient (Wildman–Crippen LogP) is 19.3. The van der Waals surface area contributed by atoms with E-state index in [4.69, 9.17) is 4.42 Å². The van der Waals surface area contributed by atoms with E-state index in [1.807, 2.05) is 11.3 Å². The average molecular weight is 1010 g/mol. The van der Waals surface area contributed by atoms with Gasteiger partial charge in [0.1, 0.15) is 11.2 Å². The van der Waals surface area contributed by atoms with Crippen molar-refractivity contribution in [3.05, 3.63) is 223 Å². The number of thiophene rings is 1. The molecule has 10 aromatic carbocycles. The third kappa shape index (κ3) is 7.16. The summed E-state index contributed by atoms with van der Waals surface area (Å²) in [5.74, 6) is 0. The van der Waals surface area contributed by atoms with Crippen molar-refractivity contribution in [2.24, 2.45) is 0 Å². The van der Waals surface area contributed by atoms with Crippen molar-refractivity contribution >= 4 is 99.7 Å². The molecule has 2 aliphatic heterocycles. The molecule has 3 aliphatic rings. The Balaban J connectivity index is 1.10. The highest BCUT2D eigenvalue weighted by Crippen LogP contribution is 2.55. The van der Waals surface area contributed by atoms with Crippen LogP contribution in [0.25, 0.3) is 86.4 Å². The molecule has 77 heavy (non-hydrogen) atoms. The van der Waals surface area contributed by atoms with Crippen molar-refractivity contribution in [3.8, 4) is 44.5 Å². The van der Waals surface area contributed by atoms with Crippen LogP contribution in [0.4, 0.5) is 28.4 Å². The minimum Gasteiger partial charge on any atom is -0.466 e. The first kappa shape index (κ1) is 46.2. The van der Waals surface area contributed by atoms with Gasteiger partial charge in [0.2, 0.25) is 0 Å². The van der Waals surface area contributed by atoms with Crippen molar-refractivity contribution in [1.82, 2.24) is 0 Å². The van der Waals surface area contributed by atoms with Gasteiger partial charge in [-0.3, -0.25) is 0 Å². The van der Waals surface area contributed by atoms with Gasteiger partial charge in [-0.1, -0.05) is 182 Å². The zero-order valence-corrected chi connectivity index (χ0v) is 45.6. The van der Waals surface area contributed by atoms with Gasteiger partial charge in [-0.25, -0.2) is 0 Å². The smallest absolute Gasteiger partial charge is 0.375 e. The summed E-state index contributed by atoms with van der Waals surface area (Å²) < 4.78 is 10.4. The Morgan fingerprint density at radius 2 is 1.05 bits per heavy atom. The Hall–Kier alpha value is -8.12. The molecule has 0 unspecified atom stereocenters. The van der Waals surface area contributed by atoms with E-state index >= 15 is 0 Å². The molecule has 5 heteroatoms. The molecule has 4 heterocycles. The van der Waals surface area contributed by atoms with Gasteiger partial charge in [-0.15, -0.1) is 11.3 Å². The fraction of sp³-hybridized carbons (Fsp3) is 0.167. The minimum atomic E-state index is -0.325. The van der Waals surface area contributed by atoms with Gasteiger partial charge in [-0.2, -0.15) is 0 Å². The van der Waals surface area contributed by atoms with Crippen LogP contribution < -0.4 is 20.8 Å². The summed E-state index contributed by atoms with van der Waals surface area (Å²) >= 11 is 1.90. The Morgan fingerprint density at radius 3 is 1.73 bits per heavy atom. The van der Waals surface area contributed by atoms with E-state index in [9.17, 15) is 0 Å². The molecular weight excluding hydrogens is 952 g/mol. The van der Waals surface area contributed by atoms with Crippen LogP contribution in [0.1, 0.15) is 78.0 Å². The quantitative estimate of drug-likeness (QED) is 0.160. The minimum absolute atomic E-state index is 0.00761. The van der Waals surface area contributed by atoms with Gasteiger partial charge in [0.25, 0.3) is 0 Å². The first-order valence-electron chi connectivity index (χ1n) is 27.5. The Kier molecular flexibility index (Phi) is 10.0. The van der Waals surface area contributed by atoms with E-state index in [0.29, 0.717) is 0 Å². The van der Waals surface area contributed by atoms with E-state index in [-0.39, 0.29) is 23.1 Å². The van der Waals surface area contributed by atoms with Gasteiger partial charge in [0, 0.05) is 53.7 Å². The third-order valence-electron chi connectivity index (χ3n) is 17.6. The monoisotopic (exact) mass is 1010 g/mol. The maximum Gasteiger partial charge on any atom is 0.375 e. The van der Waals surface area contributed by atoms with Gasteiger partial charge >= 0.3 is 6.85 Å². The number of fused-ring (bicyclic) bond motifs is 11. The second-order valence-corrected chi connectivity index (χ2v) is 25.4. The van der Waals surface area contributed by atoms with Crippen LogP contribution in [-0.2, 0) is 16.2 Å². The van der Waals surface area contributed by atoms with E-state index in [1.54, 1.807) is 0 Å². The van der Waals surface area contributed by atoms with Crippen molar-refractivity contribution in [1.29, 1.82) is 0 Å². The van der Waals surface area contributed by atoms with E-state index < -0.39 is 0 Å². The number of hydrogen-bond acceptors (Lipinski definition) is 4. The lowest BCUT2D eigenvalue weighted by molar-refractivity contribution is 0.332. The fourth-order valence-electron chi connectivity index (χ4n) is 13.3. The van der Waals surface area contributed by atoms with Crippen LogP contribution in [0.2, 0.25) is 0 Å². The van der Waals surface area contributed by atoms with Crippen molar-refractivity contribution < 1.29 is 4.42 Å². The Bertz CT molecular complexity index is 4370. The maximum absolute atomic E-state index is 7.83. The number of furan rings is 1.